The molecule has 4 N–H and O–H groups in total. The molecule has 1 aliphatic rings. The third-order valence-electron chi connectivity index (χ3n) is 6.94. The average molecular weight is 465 g/mol. The van der Waals surface area contributed by atoms with Gasteiger partial charge in [0.15, 0.2) is 5.60 Å². The van der Waals surface area contributed by atoms with E-state index in [0.29, 0.717) is 0 Å². The van der Waals surface area contributed by atoms with Crippen molar-refractivity contribution in [1.29, 1.82) is 0 Å². The van der Waals surface area contributed by atoms with Crippen LogP contribution in [-0.4, -0.2) is 63.3 Å². The Morgan fingerprint density at radius 2 is 1.26 bits per heavy atom. The Hall–Kier alpha value is -2.58. The molecule has 1 aliphatic heterocycles. The molecule has 0 spiro atoms. The quantitative estimate of drug-likeness (QED) is 0.388. The van der Waals surface area contributed by atoms with Crippen molar-refractivity contribution < 1.29 is 29.9 Å². The summed E-state index contributed by atoms with van der Waals surface area (Å²) < 4.78 is 11.9. The summed E-state index contributed by atoms with van der Waals surface area (Å²) in [5.74, 6) is -2.00. The van der Waals surface area contributed by atoms with E-state index in [1.165, 1.54) is 7.11 Å². The summed E-state index contributed by atoms with van der Waals surface area (Å²) in [6.45, 7) is -0.566. The average Bonchev–Trinajstić information content (AvgIpc) is 3.04. The van der Waals surface area contributed by atoms with Gasteiger partial charge < -0.3 is 29.9 Å². The van der Waals surface area contributed by atoms with Crippen molar-refractivity contribution in [2.75, 3.05) is 13.7 Å². The molecule has 0 amide bonds. The molecule has 0 saturated carbocycles. The predicted molar refractivity (Wildman–Crippen MR) is 128 cm³/mol. The number of hydrogen-bond donors (Lipinski definition) is 4. The van der Waals surface area contributed by atoms with E-state index in [2.05, 4.69) is 0 Å². The van der Waals surface area contributed by atoms with E-state index in [9.17, 15) is 20.4 Å². The molecule has 4 rings (SSSR count). The van der Waals surface area contributed by atoms with Crippen LogP contribution in [0.25, 0.3) is 0 Å². The van der Waals surface area contributed by atoms with E-state index in [0.717, 1.165) is 16.7 Å². The van der Waals surface area contributed by atoms with Gasteiger partial charge in [0.25, 0.3) is 0 Å². The van der Waals surface area contributed by atoms with Crippen molar-refractivity contribution in [1.82, 2.24) is 0 Å². The monoisotopic (exact) mass is 464 g/mol. The highest BCUT2D eigenvalue weighted by atomic mass is 16.7. The first-order valence-electron chi connectivity index (χ1n) is 11.5. The van der Waals surface area contributed by atoms with Gasteiger partial charge in [0.05, 0.1) is 6.61 Å². The first kappa shape index (κ1) is 24.5. The van der Waals surface area contributed by atoms with Crippen LogP contribution in [-0.2, 0) is 28.7 Å². The number of hydrogen-bond acceptors (Lipinski definition) is 6. The number of ether oxygens (including phenoxy) is 2. The number of benzene rings is 3. The second-order valence-electron chi connectivity index (χ2n) is 8.98. The van der Waals surface area contributed by atoms with Gasteiger partial charge in [-0.3, -0.25) is 0 Å². The highest BCUT2D eigenvalue weighted by Crippen LogP contribution is 2.52. The number of methoxy groups -OCH3 is 1. The van der Waals surface area contributed by atoms with Gasteiger partial charge in [0, 0.05) is 26.4 Å². The zero-order valence-corrected chi connectivity index (χ0v) is 19.2. The SMILES string of the molecule is CO[C@@]1(C(O)Cc2ccccc2)O[C@H](CO)[C@](O)(Cc2ccccc2)[C@@]1(O)Cc1ccccc1. The number of aliphatic hydroxyl groups is 4. The van der Waals surface area contributed by atoms with E-state index >= 15 is 0 Å². The summed E-state index contributed by atoms with van der Waals surface area (Å²) >= 11 is 0. The lowest BCUT2D eigenvalue weighted by Crippen LogP contribution is -2.70. The van der Waals surface area contributed by atoms with Gasteiger partial charge in [0.2, 0.25) is 5.79 Å². The minimum atomic E-state index is -2.10. The van der Waals surface area contributed by atoms with Gasteiger partial charge in [-0.15, -0.1) is 0 Å². The van der Waals surface area contributed by atoms with Crippen LogP contribution in [0.4, 0.5) is 0 Å². The van der Waals surface area contributed by atoms with Crippen LogP contribution in [0.2, 0.25) is 0 Å². The highest BCUT2D eigenvalue weighted by molar-refractivity contribution is 5.31. The van der Waals surface area contributed by atoms with E-state index in [4.69, 9.17) is 9.47 Å². The third-order valence-corrected chi connectivity index (χ3v) is 6.94. The molecule has 1 fully saturated rings. The fraction of sp³-hybridized carbons (Fsp3) is 0.357. The van der Waals surface area contributed by atoms with Crippen LogP contribution in [0.15, 0.2) is 91.0 Å². The second kappa shape index (κ2) is 9.96. The molecule has 6 heteroatoms. The minimum Gasteiger partial charge on any atom is -0.394 e. The maximum Gasteiger partial charge on any atom is 0.228 e. The molecular weight excluding hydrogens is 432 g/mol. The molecule has 34 heavy (non-hydrogen) atoms. The van der Waals surface area contributed by atoms with Crippen LogP contribution in [0.1, 0.15) is 16.7 Å². The third kappa shape index (κ3) is 4.18. The standard InChI is InChI=1S/C28H32O6/c1-33-28(24(30)17-21-11-5-2-6-12-21)27(32,19-23-15-9-4-10-16-23)26(31,25(20-29)34-28)18-22-13-7-3-8-14-22/h2-16,24-25,29-32H,17-20H2,1H3/t24?,25-,26-,27+,28+/m1/s1. The van der Waals surface area contributed by atoms with Crippen LogP contribution in [0.3, 0.4) is 0 Å². The largest absolute Gasteiger partial charge is 0.394 e. The van der Waals surface area contributed by atoms with Crippen LogP contribution >= 0.6 is 0 Å². The smallest absolute Gasteiger partial charge is 0.228 e. The zero-order valence-electron chi connectivity index (χ0n) is 19.2. The summed E-state index contributed by atoms with van der Waals surface area (Å²) in [7, 11) is 1.34. The Morgan fingerprint density at radius 1 is 0.794 bits per heavy atom. The normalized spacial score (nSPS) is 29.7. The Balaban J connectivity index is 1.83. The predicted octanol–water partition coefficient (Wildman–Crippen LogP) is 2.27. The molecule has 1 saturated heterocycles. The van der Waals surface area contributed by atoms with E-state index in [1.807, 2.05) is 91.0 Å². The zero-order chi connectivity index (χ0) is 24.2. The summed E-state index contributed by atoms with van der Waals surface area (Å²) in [4.78, 5) is 0. The maximum atomic E-state index is 12.4. The van der Waals surface area contributed by atoms with Crippen molar-refractivity contribution in [3.8, 4) is 0 Å². The van der Waals surface area contributed by atoms with Crippen LogP contribution in [0.5, 0.6) is 0 Å². The van der Waals surface area contributed by atoms with Crippen molar-refractivity contribution in [3.05, 3.63) is 108 Å². The van der Waals surface area contributed by atoms with Crippen molar-refractivity contribution in [3.63, 3.8) is 0 Å². The Labute approximate surface area is 200 Å². The Kier molecular flexibility index (Phi) is 7.19. The molecule has 3 aromatic carbocycles. The number of aliphatic hydroxyl groups excluding tert-OH is 2. The van der Waals surface area contributed by atoms with Crippen molar-refractivity contribution in [2.24, 2.45) is 0 Å². The van der Waals surface area contributed by atoms with Crippen LogP contribution < -0.4 is 0 Å². The van der Waals surface area contributed by atoms with E-state index < -0.39 is 35.8 Å². The molecule has 0 aliphatic carbocycles. The second-order valence-corrected chi connectivity index (χ2v) is 8.98. The Morgan fingerprint density at radius 3 is 1.74 bits per heavy atom. The van der Waals surface area contributed by atoms with Gasteiger partial charge in [-0.1, -0.05) is 91.0 Å². The van der Waals surface area contributed by atoms with Gasteiger partial charge >= 0.3 is 0 Å². The molecule has 1 heterocycles. The minimum absolute atomic E-state index is 0.00837. The van der Waals surface area contributed by atoms with Gasteiger partial charge in [-0.05, 0) is 16.7 Å². The maximum absolute atomic E-state index is 12.4. The summed E-state index contributed by atoms with van der Waals surface area (Å²) in [5, 5.41) is 46.3. The first-order chi connectivity index (χ1) is 16.4. The Bertz CT molecular complexity index is 1050. The molecule has 0 bridgehead atoms. The molecule has 180 valence electrons. The van der Waals surface area contributed by atoms with Gasteiger partial charge in [0.1, 0.15) is 17.8 Å². The highest BCUT2D eigenvalue weighted by Gasteiger charge is 2.75. The van der Waals surface area contributed by atoms with E-state index in [1.54, 1.807) is 0 Å². The fourth-order valence-corrected chi connectivity index (χ4v) is 5.18. The van der Waals surface area contributed by atoms with Crippen molar-refractivity contribution in [2.45, 2.75) is 48.5 Å². The molecule has 6 nitrogen and oxygen atoms in total. The van der Waals surface area contributed by atoms with Gasteiger partial charge in [-0.2, -0.15) is 0 Å². The summed E-state index contributed by atoms with van der Waals surface area (Å²) in [5.41, 5.74) is -1.77. The number of rotatable bonds is 9. The summed E-state index contributed by atoms with van der Waals surface area (Å²) in [6.07, 6.45) is -2.50. The van der Waals surface area contributed by atoms with Crippen LogP contribution in [0, 0.1) is 0 Å². The summed E-state index contributed by atoms with van der Waals surface area (Å²) in [6, 6.07) is 27.7. The lowest BCUT2D eigenvalue weighted by molar-refractivity contribution is -0.325. The lowest BCUT2D eigenvalue weighted by Gasteiger charge is -2.47. The molecule has 0 radical (unpaired) electrons. The van der Waals surface area contributed by atoms with E-state index in [-0.39, 0.29) is 19.3 Å². The molecule has 0 aromatic heterocycles. The first-order valence-corrected chi connectivity index (χ1v) is 11.5. The molecule has 3 aromatic rings. The topological polar surface area (TPSA) is 99.4 Å². The molecular formula is C28H32O6. The molecule has 5 atom stereocenters. The van der Waals surface area contributed by atoms with Gasteiger partial charge in [-0.25, -0.2) is 0 Å². The molecule has 1 unspecified atom stereocenters. The lowest BCUT2D eigenvalue weighted by atomic mass is 9.68. The fourth-order valence-electron chi connectivity index (χ4n) is 5.18. The van der Waals surface area contributed by atoms with Crippen molar-refractivity contribution >= 4 is 0 Å².